The molecule has 0 fully saturated rings. The molecule has 1 heterocycles. The molecule has 3 rings (SSSR count). The lowest BCUT2D eigenvalue weighted by molar-refractivity contribution is 1.38. The highest BCUT2D eigenvalue weighted by molar-refractivity contribution is 14.1. The van der Waals surface area contributed by atoms with Gasteiger partial charge >= 0.3 is 0 Å². The van der Waals surface area contributed by atoms with Crippen molar-refractivity contribution in [2.24, 2.45) is 0 Å². The molecule has 2 aromatic carbocycles. The minimum absolute atomic E-state index is 0. The van der Waals surface area contributed by atoms with Gasteiger partial charge < -0.3 is 5.32 Å². The van der Waals surface area contributed by atoms with Crippen molar-refractivity contribution in [3.05, 3.63) is 62.5 Å². The molecule has 0 atom stereocenters. The Morgan fingerprint density at radius 3 is 2.33 bits per heavy atom. The molecule has 2 nitrogen and oxygen atoms in total. The van der Waals surface area contributed by atoms with Gasteiger partial charge in [-0.15, -0.1) is 28.3 Å². The van der Waals surface area contributed by atoms with Crippen molar-refractivity contribution in [2.45, 2.75) is 0 Å². The summed E-state index contributed by atoms with van der Waals surface area (Å²) in [7, 11) is 0. The molecule has 0 aliphatic rings. The maximum Gasteiger partial charge on any atom is 0.187 e. The summed E-state index contributed by atoms with van der Waals surface area (Å²) >= 11 is 9.76. The zero-order valence-corrected chi connectivity index (χ0v) is 16.2. The Morgan fingerprint density at radius 1 is 1.00 bits per heavy atom. The first-order valence-corrected chi connectivity index (χ1v) is 8.28. The van der Waals surface area contributed by atoms with Gasteiger partial charge in [-0.2, -0.15) is 0 Å². The second-order valence-electron chi connectivity index (χ2n) is 4.18. The molecule has 108 valence electrons. The van der Waals surface area contributed by atoms with Crippen molar-refractivity contribution in [3.8, 4) is 11.3 Å². The smallest absolute Gasteiger partial charge is 0.187 e. The summed E-state index contributed by atoms with van der Waals surface area (Å²) in [5.41, 5.74) is 3.10. The fourth-order valence-electron chi connectivity index (χ4n) is 1.74. The van der Waals surface area contributed by atoms with Gasteiger partial charge in [-0.25, -0.2) is 4.98 Å². The molecule has 0 aliphatic carbocycles. The molecule has 0 bridgehead atoms. The van der Waals surface area contributed by atoms with Crippen LogP contribution in [0.2, 0.25) is 5.02 Å². The first kappa shape index (κ1) is 16.7. The number of nitrogens with zero attached hydrogens (tertiary/aromatic N) is 1. The third-order valence-corrected chi connectivity index (χ3v) is 4.47. The molecular formula is C15H11BrClIN2S. The number of aromatic nitrogens is 1. The van der Waals surface area contributed by atoms with Crippen molar-refractivity contribution in [2.75, 3.05) is 5.32 Å². The van der Waals surface area contributed by atoms with Crippen molar-refractivity contribution in [3.63, 3.8) is 0 Å². The molecule has 0 amide bonds. The maximum atomic E-state index is 5.87. The molecular weight excluding hydrogens is 483 g/mol. The summed E-state index contributed by atoms with van der Waals surface area (Å²) in [6.07, 6.45) is 0. The van der Waals surface area contributed by atoms with Crippen molar-refractivity contribution >= 4 is 73.3 Å². The Balaban J connectivity index is 0.00000161. The fraction of sp³-hybridized carbons (Fsp3) is 0. The number of nitrogens with one attached hydrogen (secondary N) is 1. The maximum absolute atomic E-state index is 5.87. The average Bonchev–Trinajstić information content (AvgIpc) is 2.91. The topological polar surface area (TPSA) is 24.9 Å². The Morgan fingerprint density at radius 2 is 1.67 bits per heavy atom. The van der Waals surface area contributed by atoms with Crippen LogP contribution in [0.5, 0.6) is 0 Å². The summed E-state index contributed by atoms with van der Waals surface area (Å²) in [6.45, 7) is 0. The van der Waals surface area contributed by atoms with E-state index in [1.165, 1.54) is 3.57 Å². The van der Waals surface area contributed by atoms with Gasteiger partial charge in [0.25, 0.3) is 0 Å². The largest absolute Gasteiger partial charge is 0.332 e. The summed E-state index contributed by atoms with van der Waals surface area (Å²) < 4.78 is 1.22. The third kappa shape index (κ3) is 4.42. The second-order valence-corrected chi connectivity index (χ2v) is 6.72. The van der Waals surface area contributed by atoms with Crippen LogP contribution in [-0.4, -0.2) is 4.98 Å². The van der Waals surface area contributed by atoms with Crippen LogP contribution in [-0.2, 0) is 0 Å². The van der Waals surface area contributed by atoms with Crippen molar-refractivity contribution < 1.29 is 0 Å². The van der Waals surface area contributed by atoms with Gasteiger partial charge in [0.1, 0.15) is 0 Å². The van der Waals surface area contributed by atoms with Gasteiger partial charge in [0.2, 0.25) is 0 Å². The Kier molecular flexibility index (Phi) is 6.04. The minimum Gasteiger partial charge on any atom is -0.332 e. The lowest BCUT2D eigenvalue weighted by atomic mass is 10.2. The molecule has 0 unspecified atom stereocenters. The van der Waals surface area contributed by atoms with Crippen LogP contribution in [0.3, 0.4) is 0 Å². The summed E-state index contributed by atoms with van der Waals surface area (Å²) in [6, 6.07) is 15.9. The van der Waals surface area contributed by atoms with Crippen LogP contribution in [0.4, 0.5) is 10.8 Å². The Hall–Kier alpha value is -0.630. The standard InChI is InChI=1S/C15H10ClIN2S.BrH/c16-11-3-7-13(8-4-11)18-15-19-14(9-20-15)10-1-5-12(17)6-2-10;/h1-9H,(H,18,19);1H. The first-order valence-electron chi connectivity index (χ1n) is 5.95. The van der Waals surface area contributed by atoms with Gasteiger partial charge in [-0.1, -0.05) is 23.7 Å². The number of halogens is 3. The highest BCUT2D eigenvalue weighted by Gasteiger charge is 2.04. The first-order chi connectivity index (χ1) is 9.70. The lowest BCUT2D eigenvalue weighted by Gasteiger charge is -2.02. The van der Waals surface area contributed by atoms with E-state index < -0.39 is 0 Å². The molecule has 0 spiro atoms. The van der Waals surface area contributed by atoms with Gasteiger partial charge in [-0.3, -0.25) is 0 Å². The van der Waals surface area contributed by atoms with Crippen LogP contribution in [0.25, 0.3) is 11.3 Å². The number of benzene rings is 2. The number of hydrogen-bond donors (Lipinski definition) is 1. The van der Waals surface area contributed by atoms with Crippen molar-refractivity contribution in [1.29, 1.82) is 0 Å². The quantitative estimate of drug-likeness (QED) is 0.428. The third-order valence-electron chi connectivity index (χ3n) is 2.74. The Bertz CT molecular complexity index is 713. The molecule has 1 aromatic heterocycles. The molecule has 21 heavy (non-hydrogen) atoms. The number of hydrogen-bond acceptors (Lipinski definition) is 3. The molecule has 3 aromatic rings. The minimum atomic E-state index is 0. The van der Waals surface area contributed by atoms with E-state index in [0.717, 1.165) is 27.1 Å². The molecule has 0 saturated carbocycles. The summed E-state index contributed by atoms with van der Waals surface area (Å²) in [5, 5.41) is 6.94. The molecule has 0 radical (unpaired) electrons. The predicted molar refractivity (Wildman–Crippen MR) is 105 cm³/mol. The Labute approximate surface area is 156 Å². The summed E-state index contributed by atoms with van der Waals surface area (Å²) in [4.78, 5) is 4.60. The van der Waals surface area contributed by atoms with Gasteiger partial charge in [0, 0.05) is 25.2 Å². The molecule has 1 N–H and O–H groups in total. The van der Waals surface area contributed by atoms with E-state index in [0.29, 0.717) is 0 Å². The van der Waals surface area contributed by atoms with Crippen LogP contribution in [0, 0.1) is 3.57 Å². The highest BCUT2D eigenvalue weighted by atomic mass is 127. The molecule has 0 saturated heterocycles. The number of anilines is 2. The van der Waals surface area contributed by atoms with Gasteiger partial charge in [-0.05, 0) is 59.0 Å². The number of rotatable bonds is 3. The van der Waals surface area contributed by atoms with Crippen LogP contribution < -0.4 is 5.32 Å². The van der Waals surface area contributed by atoms with Crippen LogP contribution in [0.1, 0.15) is 0 Å². The van der Waals surface area contributed by atoms with E-state index in [2.05, 4.69) is 62.5 Å². The zero-order valence-electron chi connectivity index (χ0n) is 10.7. The highest BCUT2D eigenvalue weighted by Crippen LogP contribution is 2.27. The average molecular weight is 494 g/mol. The van der Waals surface area contributed by atoms with E-state index >= 15 is 0 Å². The van der Waals surface area contributed by atoms with Crippen LogP contribution >= 0.6 is 62.5 Å². The zero-order chi connectivity index (χ0) is 13.9. The predicted octanol–water partition coefficient (Wildman–Crippen LogP) is 6.39. The SMILES string of the molecule is Br.Clc1ccc(Nc2nc(-c3ccc(I)cc3)cs2)cc1. The lowest BCUT2D eigenvalue weighted by Crippen LogP contribution is -1.89. The summed E-state index contributed by atoms with van der Waals surface area (Å²) in [5.74, 6) is 0. The van der Waals surface area contributed by atoms with E-state index in [1.54, 1.807) is 11.3 Å². The second kappa shape index (κ2) is 7.58. The molecule has 6 heteroatoms. The van der Waals surface area contributed by atoms with E-state index in [-0.39, 0.29) is 17.0 Å². The van der Waals surface area contributed by atoms with Crippen molar-refractivity contribution in [1.82, 2.24) is 4.98 Å². The fourth-order valence-corrected chi connectivity index (χ4v) is 2.97. The van der Waals surface area contributed by atoms with Gasteiger partial charge in [0.05, 0.1) is 5.69 Å². The van der Waals surface area contributed by atoms with E-state index in [1.807, 2.05) is 24.3 Å². The number of thiazole rings is 1. The van der Waals surface area contributed by atoms with E-state index in [4.69, 9.17) is 11.6 Å². The van der Waals surface area contributed by atoms with Crippen LogP contribution in [0.15, 0.2) is 53.9 Å². The molecule has 0 aliphatic heterocycles. The monoisotopic (exact) mass is 492 g/mol. The van der Waals surface area contributed by atoms with E-state index in [9.17, 15) is 0 Å². The van der Waals surface area contributed by atoms with Gasteiger partial charge in [0.15, 0.2) is 5.13 Å². The normalized spacial score (nSPS) is 10.0.